The molecule has 1 heterocycles. The Labute approximate surface area is 134 Å². The van der Waals surface area contributed by atoms with E-state index in [0.29, 0.717) is 12.2 Å². The maximum atomic E-state index is 11.1. The summed E-state index contributed by atoms with van der Waals surface area (Å²) in [4.78, 5) is 15.7. The average Bonchev–Trinajstić information content (AvgIpc) is 2.70. The number of ether oxygens (including phenoxy) is 1. The summed E-state index contributed by atoms with van der Waals surface area (Å²) in [5, 5.41) is 9.12. The summed E-state index contributed by atoms with van der Waals surface area (Å²) >= 11 is 0. The summed E-state index contributed by atoms with van der Waals surface area (Å²) in [5.74, 6) is 0.373. The van der Waals surface area contributed by atoms with Gasteiger partial charge in [-0.05, 0) is 43.2 Å². The van der Waals surface area contributed by atoms with Gasteiger partial charge in [-0.15, -0.1) is 0 Å². The van der Waals surface area contributed by atoms with Gasteiger partial charge in [0.25, 0.3) is 0 Å². The van der Waals surface area contributed by atoms with Crippen LogP contribution in [0.1, 0.15) is 17.8 Å². The van der Waals surface area contributed by atoms with Crippen molar-refractivity contribution in [2.75, 3.05) is 0 Å². The van der Waals surface area contributed by atoms with Crippen molar-refractivity contribution in [3.8, 4) is 0 Å². The first-order valence-corrected chi connectivity index (χ1v) is 7.41. The molecule has 1 aliphatic carbocycles. The summed E-state index contributed by atoms with van der Waals surface area (Å²) in [7, 11) is 1.95. The Morgan fingerprint density at radius 3 is 3.04 bits per heavy atom. The normalized spacial score (nSPS) is 14.3. The molecule has 1 N–H and O–H groups in total. The second kappa shape index (κ2) is 6.12. The number of benzene rings is 1. The lowest BCUT2D eigenvalue weighted by Gasteiger charge is -2.07. The molecule has 0 amide bonds. The number of carboxylic acid groups (broad SMARTS) is 1. The van der Waals surface area contributed by atoms with Crippen LogP contribution in [-0.4, -0.2) is 20.6 Å². The van der Waals surface area contributed by atoms with Crippen LogP contribution in [0.4, 0.5) is 0 Å². The monoisotopic (exact) mass is 310 g/mol. The number of carbonyl (C=O) groups is 1. The number of allylic oxidation sites excluding steroid dienone is 3. The van der Waals surface area contributed by atoms with Crippen LogP contribution in [0.15, 0.2) is 53.8 Å². The third-order valence-electron chi connectivity index (χ3n) is 3.80. The molecule has 3 rings (SSSR count). The zero-order chi connectivity index (χ0) is 16.4. The van der Waals surface area contributed by atoms with E-state index < -0.39 is 5.97 Å². The van der Waals surface area contributed by atoms with Crippen molar-refractivity contribution in [3.05, 3.63) is 65.2 Å². The van der Waals surface area contributed by atoms with Crippen molar-refractivity contribution in [1.29, 1.82) is 0 Å². The first-order valence-electron chi connectivity index (χ1n) is 7.41. The van der Waals surface area contributed by atoms with E-state index in [1.807, 2.05) is 36.7 Å². The van der Waals surface area contributed by atoms with Gasteiger partial charge in [0.2, 0.25) is 0 Å². The van der Waals surface area contributed by atoms with Crippen molar-refractivity contribution in [2.45, 2.75) is 20.0 Å². The van der Waals surface area contributed by atoms with Crippen LogP contribution in [0, 0.1) is 6.92 Å². The van der Waals surface area contributed by atoms with Crippen LogP contribution in [0.25, 0.3) is 11.0 Å². The van der Waals surface area contributed by atoms with Gasteiger partial charge in [-0.25, -0.2) is 9.78 Å². The van der Waals surface area contributed by atoms with Gasteiger partial charge in [0.05, 0.1) is 16.6 Å². The van der Waals surface area contributed by atoms with Crippen LogP contribution in [-0.2, 0) is 23.2 Å². The van der Waals surface area contributed by atoms with Crippen molar-refractivity contribution >= 4 is 17.0 Å². The Bertz CT molecular complexity index is 857. The molecule has 0 spiro atoms. The quantitative estimate of drug-likeness (QED) is 0.941. The van der Waals surface area contributed by atoms with E-state index in [4.69, 9.17) is 9.84 Å². The molecule has 23 heavy (non-hydrogen) atoms. The number of nitrogens with zero attached hydrogens (tertiary/aromatic N) is 2. The lowest BCUT2D eigenvalue weighted by Crippen LogP contribution is -2.02. The predicted octanol–water partition coefficient (Wildman–Crippen LogP) is 3.25. The third-order valence-corrected chi connectivity index (χ3v) is 3.80. The largest absolute Gasteiger partial charge is 0.486 e. The molecule has 0 radical (unpaired) electrons. The molecule has 2 aromatic rings. The van der Waals surface area contributed by atoms with Gasteiger partial charge in [-0.2, -0.15) is 0 Å². The molecule has 1 aromatic carbocycles. The van der Waals surface area contributed by atoms with E-state index >= 15 is 0 Å². The highest BCUT2D eigenvalue weighted by molar-refractivity contribution is 5.90. The molecular formula is C18H18N2O3. The van der Waals surface area contributed by atoms with Gasteiger partial charge < -0.3 is 14.4 Å². The molecule has 0 aliphatic heterocycles. The summed E-state index contributed by atoms with van der Waals surface area (Å²) in [6, 6.07) is 6.13. The number of fused-ring (bicyclic) bond motifs is 1. The molecule has 5 nitrogen and oxygen atoms in total. The zero-order valence-electron chi connectivity index (χ0n) is 13.1. The standard InChI is InChI=1S/C18H18N2O3/c1-12-7-8-16-15(9-12)19-17(20(16)2)11-23-14-6-4-3-5-13(10-14)18(21)22/h4-10H,3,11H2,1-2H3,(H,21,22). The third kappa shape index (κ3) is 3.18. The highest BCUT2D eigenvalue weighted by Crippen LogP contribution is 2.19. The van der Waals surface area contributed by atoms with Crippen LogP contribution in [0.5, 0.6) is 0 Å². The average molecular weight is 310 g/mol. The van der Waals surface area contributed by atoms with Crippen molar-refractivity contribution < 1.29 is 14.6 Å². The van der Waals surface area contributed by atoms with Gasteiger partial charge >= 0.3 is 5.97 Å². The summed E-state index contributed by atoms with van der Waals surface area (Å²) < 4.78 is 7.75. The molecule has 118 valence electrons. The van der Waals surface area contributed by atoms with E-state index in [2.05, 4.69) is 11.1 Å². The van der Waals surface area contributed by atoms with Crippen molar-refractivity contribution in [2.24, 2.45) is 7.05 Å². The van der Waals surface area contributed by atoms with Crippen LogP contribution in [0.2, 0.25) is 0 Å². The first kappa shape index (κ1) is 15.1. The molecule has 0 bridgehead atoms. The maximum Gasteiger partial charge on any atom is 0.335 e. The topological polar surface area (TPSA) is 64.3 Å². The fourth-order valence-electron chi connectivity index (χ4n) is 2.52. The van der Waals surface area contributed by atoms with E-state index in [-0.39, 0.29) is 12.2 Å². The Kier molecular flexibility index (Phi) is 4.02. The molecule has 0 fully saturated rings. The van der Waals surface area contributed by atoms with E-state index in [1.165, 1.54) is 0 Å². The lowest BCUT2D eigenvalue weighted by atomic mass is 10.2. The highest BCUT2D eigenvalue weighted by Gasteiger charge is 2.11. The van der Waals surface area contributed by atoms with Crippen molar-refractivity contribution in [1.82, 2.24) is 9.55 Å². The minimum absolute atomic E-state index is 0.241. The number of imidazole rings is 1. The SMILES string of the molecule is Cc1ccc2c(c1)nc(COC1=CC(C(=O)O)=CCC=C1)n2C. The number of hydrogen-bond donors (Lipinski definition) is 1. The first-order chi connectivity index (χ1) is 11.0. The zero-order valence-corrected chi connectivity index (χ0v) is 13.1. The fourth-order valence-corrected chi connectivity index (χ4v) is 2.52. The Hall–Kier alpha value is -2.82. The van der Waals surface area contributed by atoms with Gasteiger partial charge in [0, 0.05) is 7.05 Å². The number of hydrogen-bond acceptors (Lipinski definition) is 3. The van der Waals surface area contributed by atoms with Crippen LogP contribution in [0.3, 0.4) is 0 Å². The molecule has 1 aliphatic rings. The summed E-state index contributed by atoms with van der Waals surface area (Å²) in [6.07, 6.45) is 7.45. The Morgan fingerprint density at radius 2 is 2.26 bits per heavy atom. The second-order valence-corrected chi connectivity index (χ2v) is 5.52. The predicted molar refractivity (Wildman–Crippen MR) is 87.8 cm³/mol. The summed E-state index contributed by atoms with van der Waals surface area (Å²) in [5.41, 5.74) is 3.38. The van der Waals surface area contributed by atoms with Gasteiger partial charge in [0.1, 0.15) is 18.2 Å². The Morgan fingerprint density at radius 1 is 1.43 bits per heavy atom. The minimum Gasteiger partial charge on any atom is -0.486 e. The highest BCUT2D eigenvalue weighted by atomic mass is 16.5. The number of rotatable bonds is 4. The molecule has 0 atom stereocenters. The molecule has 0 unspecified atom stereocenters. The number of carboxylic acids is 1. The summed E-state index contributed by atoms with van der Waals surface area (Å²) in [6.45, 7) is 2.32. The number of aliphatic carboxylic acids is 1. The fraction of sp³-hybridized carbons (Fsp3) is 0.222. The van der Waals surface area contributed by atoms with E-state index in [9.17, 15) is 4.79 Å². The second-order valence-electron chi connectivity index (χ2n) is 5.52. The number of aryl methyl sites for hydroxylation is 2. The van der Waals surface area contributed by atoms with E-state index in [0.717, 1.165) is 22.4 Å². The van der Waals surface area contributed by atoms with E-state index in [1.54, 1.807) is 18.2 Å². The molecule has 0 saturated heterocycles. The molecule has 1 aromatic heterocycles. The van der Waals surface area contributed by atoms with Gasteiger partial charge in [0.15, 0.2) is 0 Å². The van der Waals surface area contributed by atoms with Gasteiger partial charge in [-0.1, -0.05) is 18.2 Å². The van der Waals surface area contributed by atoms with Gasteiger partial charge in [-0.3, -0.25) is 0 Å². The molecular weight excluding hydrogens is 292 g/mol. The van der Waals surface area contributed by atoms with Crippen LogP contribution >= 0.6 is 0 Å². The Balaban J connectivity index is 1.82. The lowest BCUT2D eigenvalue weighted by molar-refractivity contribution is -0.132. The van der Waals surface area contributed by atoms with Crippen LogP contribution < -0.4 is 0 Å². The molecule has 5 heteroatoms. The maximum absolute atomic E-state index is 11.1. The van der Waals surface area contributed by atoms with Crippen molar-refractivity contribution in [3.63, 3.8) is 0 Å². The minimum atomic E-state index is -0.951. The smallest absolute Gasteiger partial charge is 0.335 e. The number of aromatic nitrogens is 2. The molecule has 0 saturated carbocycles.